The molecular weight excluding hydrogens is 544 g/mol. The van der Waals surface area contributed by atoms with Gasteiger partial charge in [0.05, 0.1) is 23.3 Å². The van der Waals surface area contributed by atoms with Crippen molar-refractivity contribution in [1.29, 1.82) is 10.5 Å². The monoisotopic (exact) mass is 572 g/mol. The molecule has 0 saturated heterocycles. The highest BCUT2D eigenvalue weighted by Gasteiger charge is 2.43. The molecule has 0 saturated carbocycles. The van der Waals surface area contributed by atoms with Gasteiger partial charge in [0, 0.05) is 11.8 Å². The second kappa shape index (κ2) is 9.92. The Bertz CT molecular complexity index is 2210. The van der Waals surface area contributed by atoms with Gasteiger partial charge >= 0.3 is 0 Å². The number of rotatable bonds is 4. The van der Waals surface area contributed by atoms with Gasteiger partial charge < -0.3 is 0 Å². The first kappa shape index (κ1) is 25.8. The zero-order valence-corrected chi connectivity index (χ0v) is 24.7. The molecule has 0 amide bonds. The third kappa shape index (κ3) is 3.80. The van der Waals surface area contributed by atoms with Crippen molar-refractivity contribution in [3.05, 3.63) is 177 Å². The first-order valence-electron chi connectivity index (χ1n) is 15.7. The lowest BCUT2D eigenvalue weighted by atomic mass is 9.79. The van der Waals surface area contributed by atoms with E-state index in [4.69, 9.17) is 0 Å². The molecule has 0 aromatic heterocycles. The van der Waals surface area contributed by atoms with Gasteiger partial charge in [-0.15, -0.1) is 0 Å². The van der Waals surface area contributed by atoms with Crippen molar-refractivity contribution in [2.75, 3.05) is 0 Å². The predicted octanol–water partition coefficient (Wildman–Crippen LogP) is 9.71. The van der Waals surface area contributed by atoms with Gasteiger partial charge in [-0.3, -0.25) is 0 Å². The number of nitrogens with zero attached hydrogens (tertiary/aromatic N) is 2. The molecule has 2 heteroatoms. The van der Waals surface area contributed by atoms with Crippen LogP contribution >= 0.6 is 0 Å². The van der Waals surface area contributed by atoms with E-state index < -0.39 is 0 Å². The third-order valence-electron chi connectivity index (χ3n) is 10.2. The van der Waals surface area contributed by atoms with Crippen LogP contribution in [0.3, 0.4) is 0 Å². The normalized spacial score (nSPS) is 16.0. The van der Waals surface area contributed by atoms with Crippen LogP contribution in [0.15, 0.2) is 121 Å². The van der Waals surface area contributed by atoms with E-state index in [1.54, 1.807) is 0 Å². The first-order chi connectivity index (χ1) is 22.2. The molecule has 3 aliphatic carbocycles. The van der Waals surface area contributed by atoms with E-state index in [9.17, 15) is 10.5 Å². The molecule has 0 heterocycles. The zero-order chi connectivity index (χ0) is 30.1. The van der Waals surface area contributed by atoms with Crippen molar-refractivity contribution in [2.45, 2.75) is 31.1 Å². The van der Waals surface area contributed by atoms with Crippen LogP contribution in [-0.2, 0) is 19.3 Å². The Morgan fingerprint density at radius 2 is 1.00 bits per heavy atom. The highest BCUT2D eigenvalue weighted by atomic mass is 14.5. The van der Waals surface area contributed by atoms with Gasteiger partial charge in [0.15, 0.2) is 0 Å². The largest absolute Gasteiger partial charge is 0.192 e. The van der Waals surface area contributed by atoms with Crippen LogP contribution in [0.5, 0.6) is 0 Å². The van der Waals surface area contributed by atoms with Crippen molar-refractivity contribution >= 4 is 0 Å². The molecule has 3 aliphatic rings. The SMILES string of the molecule is N#Cc1cccc(C[C@@H]2c3ccccc3-c3c4c(c5c(c32)-c2ccccc2[C@@H]5Cc2cccc(C#N)c2)-c2ccccc2C4)c1. The summed E-state index contributed by atoms with van der Waals surface area (Å²) < 4.78 is 0. The number of hydrogen-bond acceptors (Lipinski definition) is 2. The molecule has 210 valence electrons. The van der Waals surface area contributed by atoms with Gasteiger partial charge in [-0.1, -0.05) is 97.1 Å². The molecule has 6 aromatic carbocycles. The molecule has 2 nitrogen and oxygen atoms in total. The third-order valence-corrected chi connectivity index (χ3v) is 10.2. The summed E-state index contributed by atoms with van der Waals surface area (Å²) in [4.78, 5) is 0. The Labute approximate surface area is 263 Å². The molecular formula is C43H28N2. The number of nitriles is 2. The lowest BCUT2D eigenvalue weighted by Gasteiger charge is -2.23. The maximum Gasteiger partial charge on any atom is 0.0991 e. The van der Waals surface area contributed by atoms with Crippen LogP contribution in [0.4, 0.5) is 0 Å². The van der Waals surface area contributed by atoms with Crippen molar-refractivity contribution in [3.8, 4) is 45.5 Å². The molecule has 6 aromatic rings. The average molecular weight is 573 g/mol. The maximum absolute atomic E-state index is 9.68. The highest BCUT2D eigenvalue weighted by Crippen LogP contribution is 2.62. The fraction of sp³-hybridized carbons (Fsp3) is 0.116. The minimum absolute atomic E-state index is 0.182. The van der Waals surface area contributed by atoms with Gasteiger partial charge in [-0.2, -0.15) is 10.5 Å². The van der Waals surface area contributed by atoms with Crippen molar-refractivity contribution < 1.29 is 0 Å². The van der Waals surface area contributed by atoms with Gasteiger partial charge in [-0.25, -0.2) is 0 Å². The van der Waals surface area contributed by atoms with Crippen LogP contribution in [0.1, 0.15) is 67.5 Å². The van der Waals surface area contributed by atoms with Crippen molar-refractivity contribution in [1.82, 2.24) is 0 Å². The summed E-state index contributed by atoms with van der Waals surface area (Å²) in [5, 5.41) is 19.4. The Kier molecular flexibility index (Phi) is 5.68. The van der Waals surface area contributed by atoms with E-state index >= 15 is 0 Å². The Balaban J connectivity index is 1.35. The molecule has 0 spiro atoms. The topological polar surface area (TPSA) is 47.6 Å². The van der Waals surface area contributed by atoms with Crippen LogP contribution in [0, 0.1) is 22.7 Å². The molecule has 45 heavy (non-hydrogen) atoms. The number of benzene rings is 6. The van der Waals surface area contributed by atoms with Crippen LogP contribution in [0.25, 0.3) is 33.4 Å². The van der Waals surface area contributed by atoms with Gasteiger partial charge in [0.1, 0.15) is 0 Å². The summed E-state index contributed by atoms with van der Waals surface area (Å²) in [6, 6.07) is 47.9. The fourth-order valence-electron chi connectivity index (χ4n) is 8.53. The van der Waals surface area contributed by atoms with Crippen LogP contribution in [0.2, 0.25) is 0 Å². The quantitative estimate of drug-likeness (QED) is 0.211. The van der Waals surface area contributed by atoms with Crippen molar-refractivity contribution in [2.24, 2.45) is 0 Å². The predicted molar refractivity (Wildman–Crippen MR) is 179 cm³/mol. The average Bonchev–Trinajstić information content (AvgIpc) is 3.73. The second-order valence-corrected chi connectivity index (χ2v) is 12.6. The zero-order valence-electron chi connectivity index (χ0n) is 24.7. The summed E-state index contributed by atoms with van der Waals surface area (Å²) in [5.74, 6) is 0.364. The maximum atomic E-state index is 9.68. The van der Waals surface area contributed by atoms with Gasteiger partial charge in [0.2, 0.25) is 0 Å². The Hall–Kier alpha value is -5.70. The lowest BCUT2D eigenvalue weighted by molar-refractivity contribution is 0.814. The molecule has 9 rings (SSSR count). The fourth-order valence-corrected chi connectivity index (χ4v) is 8.53. The van der Waals surface area contributed by atoms with E-state index in [1.807, 2.05) is 24.3 Å². The van der Waals surface area contributed by atoms with E-state index in [1.165, 1.54) is 77.9 Å². The van der Waals surface area contributed by atoms with Crippen LogP contribution in [-0.4, -0.2) is 0 Å². The molecule has 0 radical (unpaired) electrons. The summed E-state index contributed by atoms with van der Waals surface area (Å²) >= 11 is 0. The minimum atomic E-state index is 0.182. The molecule has 0 unspecified atom stereocenters. The standard InChI is InChI=1S/C43H28N2/c44-24-28-11-7-9-26(19-28)21-36-32-15-3-5-17-34(32)40-38-23-30-13-1-2-14-31(30)39(38)42-37(22-27-10-8-12-29(20-27)25-45)33-16-4-6-18-35(33)41(42)43(36)40/h1-20,36-37H,21-23H2/t36-,37+/m1/s1. The van der Waals surface area contributed by atoms with E-state index in [-0.39, 0.29) is 11.8 Å². The number of fused-ring (bicyclic) bond motifs is 12. The summed E-state index contributed by atoms with van der Waals surface area (Å²) in [5.41, 5.74) is 20.6. The molecule has 0 fully saturated rings. The smallest absolute Gasteiger partial charge is 0.0991 e. The van der Waals surface area contributed by atoms with Gasteiger partial charge in [0.25, 0.3) is 0 Å². The number of hydrogen-bond donors (Lipinski definition) is 0. The molecule has 0 aliphatic heterocycles. The first-order valence-corrected chi connectivity index (χ1v) is 15.7. The summed E-state index contributed by atoms with van der Waals surface area (Å²) in [6.45, 7) is 0. The van der Waals surface area contributed by atoms with Crippen LogP contribution < -0.4 is 0 Å². The van der Waals surface area contributed by atoms with E-state index in [0.717, 1.165) is 19.3 Å². The summed E-state index contributed by atoms with van der Waals surface area (Å²) in [7, 11) is 0. The minimum Gasteiger partial charge on any atom is -0.192 e. The van der Waals surface area contributed by atoms with E-state index in [2.05, 4.69) is 109 Å². The molecule has 2 atom stereocenters. The second-order valence-electron chi connectivity index (χ2n) is 12.6. The van der Waals surface area contributed by atoms with E-state index in [0.29, 0.717) is 11.1 Å². The van der Waals surface area contributed by atoms with Gasteiger partial charge in [-0.05, 0) is 121 Å². The Morgan fingerprint density at radius 1 is 0.511 bits per heavy atom. The highest BCUT2D eigenvalue weighted by molar-refractivity contribution is 6.02. The lowest BCUT2D eigenvalue weighted by Crippen LogP contribution is -2.07. The summed E-state index contributed by atoms with van der Waals surface area (Å²) in [6.07, 6.45) is 2.61. The molecule has 0 N–H and O–H groups in total. The van der Waals surface area contributed by atoms with Crippen molar-refractivity contribution in [3.63, 3.8) is 0 Å². The molecule has 0 bridgehead atoms. The Morgan fingerprint density at radius 3 is 1.58 bits per heavy atom.